The standard InChI is InChI=1S/C7H18NSi.C6H18NSi2.2ClH.Ti/c1-7(2,3)8-9(4,5)6;1-8(2,3)7-9(4,5)6;;;/h2*1-6H3;2*1H;/q2*-1;;;+4/p-2. The van der Waals surface area contributed by atoms with E-state index >= 15 is 0 Å². The van der Waals surface area contributed by atoms with Gasteiger partial charge in [0.2, 0.25) is 0 Å². The predicted octanol–water partition coefficient (Wildman–Crippen LogP) is 0.0289. The van der Waals surface area contributed by atoms with E-state index in [0.29, 0.717) is 0 Å². The molecule has 0 spiro atoms. The molecule has 0 unspecified atom stereocenters. The number of hydrogen-bond donors (Lipinski definition) is 0. The van der Waals surface area contributed by atoms with Gasteiger partial charge in [-0.15, -0.1) is 5.54 Å². The summed E-state index contributed by atoms with van der Waals surface area (Å²) in [5.41, 5.74) is 0.171. The molecule has 0 amide bonds. The second-order valence-corrected chi connectivity index (χ2v) is 23.0. The predicted molar refractivity (Wildman–Crippen MR) is 96.5 cm³/mol. The zero-order valence-electron chi connectivity index (χ0n) is 16.2. The van der Waals surface area contributed by atoms with Crippen LogP contribution in [0.2, 0.25) is 58.9 Å². The Balaban J connectivity index is -0.0000000711. The Bertz CT molecular complexity index is 192. The van der Waals surface area contributed by atoms with Gasteiger partial charge in [0.15, 0.2) is 0 Å². The number of rotatable bonds is 3. The van der Waals surface area contributed by atoms with Crippen molar-refractivity contribution in [2.75, 3.05) is 0 Å². The van der Waals surface area contributed by atoms with Gasteiger partial charge in [-0.3, -0.25) is 0 Å². The largest absolute Gasteiger partial charge is 4.00 e. The van der Waals surface area contributed by atoms with Crippen molar-refractivity contribution in [2.45, 2.75) is 85.2 Å². The summed E-state index contributed by atoms with van der Waals surface area (Å²) in [7, 11) is -3.38. The van der Waals surface area contributed by atoms with Crippen molar-refractivity contribution >= 4 is 24.7 Å². The maximum absolute atomic E-state index is 4.82. The van der Waals surface area contributed by atoms with Crippen LogP contribution in [0.3, 0.4) is 0 Å². The smallest absolute Gasteiger partial charge is 1.00 e. The molecule has 0 saturated carbocycles. The van der Waals surface area contributed by atoms with Crippen LogP contribution in [0.4, 0.5) is 0 Å². The quantitative estimate of drug-likeness (QED) is 0.574. The molecular formula is C13H36Cl2N2Si3Ti. The van der Waals surface area contributed by atoms with E-state index in [2.05, 4.69) is 84.7 Å². The Morgan fingerprint density at radius 2 is 0.810 bits per heavy atom. The summed E-state index contributed by atoms with van der Waals surface area (Å²) in [4.78, 5) is 4.68. The maximum atomic E-state index is 4.82. The Morgan fingerprint density at radius 3 is 0.810 bits per heavy atom. The maximum Gasteiger partial charge on any atom is 4.00 e. The van der Waals surface area contributed by atoms with Gasteiger partial charge in [-0.25, -0.2) is 0 Å². The van der Waals surface area contributed by atoms with Crippen LogP contribution in [0, 0.1) is 0 Å². The first kappa shape index (κ1) is 34.3. The van der Waals surface area contributed by atoms with Crippen molar-refractivity contribution in [2.24, 2.45) is 0 Å². The fraction of sp³-hybridized carbons (Fsp3) is 1.00. The minimum Gasteiger partial charge on any atom is -1.00 e. The normalized spacial score (nSPS) is 12.0. The SMILES string of the molecule is CC(C)(C)[N-][Si](C)(C)C.C[Si](C)(C)[N-][Si](C)(C)C.[Cl-].[Cl-].[Ti+4]. The molecule has 2 nitrogen and oxygen atoms in total. The van der Waals surface area contributed by atoms with Gasteiger partial charge in [0.25, 0.3) is 0 Å². The van der Waals surface area contributed by atoms with Crippen LogP contribution in [0.1, 0.15) is 20.8 Å². The molecule has 0 bridgehead atoms. The molecule has 0 aromatic carbocycles. The second kappa shape index (κ2) is 12.3. The summed E-state index contributed by atoms with van der Waals surface area (Å²) in [5.74, 6) is 0. The van der Waals surface area contributed by atoms with Gasteiger partial charge in [0, 0.05) is 0 Å². The van der Waals surface area contributed by atoms with E-state index in [9.17, 15) is 0 Å². The van der Waals surface area contributed by atoms with Gasteiger partial charge < -0.3 is 34.4 Å². The van der Waals surface area contributed by atoms with E-state index < -0.39 is 24.7 Å². The summed E-state index contributed by atoms with van der Waals surface area (Å²) in [6.07, 6.45) is 0. The van der Waals surface area contributed by atoms with Crippen LogP contribution >= 0.6 is 0 Å². The summed E-state index contributed by atoms with van der Waals surface area (Å²) < 4.78 is 4.82. The van der Waals surface area contributed by atoms with Gasteiger partial charge in [0.1, 0.15) is 0 Å². The molecule has 8 heteroatoms. The second-order valence-electron chi connectivity index (χ2n) is 8.91. The third kappa shape index (κ3) is 44.9. The molecule has 0 aromatic rings. The Kier molecular flexibility index (Phi) is 20.0. The summed E-state index contributed by atoms with van der Waals surface area (Å²) >= 11 is 0. The molecule has 0 aliphatic heterocycles. The van der Waals surface area contributed by atoms with Crippen LogP contribution in [0.5, 0.6) is 0 Å². The van der Waals surface area contributed by atoms with Gasteiger partial charge >= 0.3 is 21.7 Å². The van der Waals surface area contributed by atoms with Crippen molar-refractivity contribution in [3.8, 4) is 0 Å². The Morgan fingerprint density at radius 1 is 0.571 bits per heavy atom. The molecule has 0 fully saturated rings. The first-order valence-electron chi connectivity index (χ1n) is 6.89. The minimum absolute atomic E-state index is 0. The zero-order valence-corrected chi connectivity index (χ0v) is 22.2. The molecule has 0 N–H and O–H groups in total. The van der Waals surface area contributed by atoms with Gasteiger partial charge in [-0.05, 0) is 0 Å². The van der Waals surface area contributed by atoms with Crippen molar-refractivity contribution in [3.05, 3.63) is 9.63 Å². The van der Waals surface area contributed by atoms with Crippen molar-refractivity contribution in [1.29, 1.82) is 0 Å². The fourth-order valence-corrected chi connectivity index (χ4v) is 12.1. The van der Waals surface area contributed by atoms with E-state index in [4.69, 9.17) is 4.65 Å². The molecule has 0 aliphatic carbocycles. The van der Waals surface area contributed by atoms with E-state index in [-0.39, 0.29) is 52.1 Å². The van der Waals surface area contributed by atoms with Gasteiger partial charge in [-0.2, -0.15) is 0 Å². The summed E-state index contributed by atoms with van der Waals surface area (Å²) in [5, 5.41) is 0. The summed E-state index contributed by atoms with van der Waals surface area (Å²) in [6, 6.07) is 0. The Labute approximate surface area is 165 Å². The number of nitrogens with zero attached hydrogens (tertiary/aromatic N) is 2. The number of halogens is 2. The molecule has 0 aromatic heterocycles. The molecule has 128 valence electrons. The van der Waals surface area contributed by atoms with Gasteiger partial charge in [0.05, 0.1) is 0 Å². The van der Waals surface area contributed by atoms with Crippen LogP contribution in [-0.2, 0) is 21.7 Å². The zero-order chi connectivity index (χ0) is 15.4. The van der Waals surface area contributed by atoms with E-state index in [1.54, 1.807) is 0 Å². The molecule has 0 radical (unpaired) electrons. The molecule has 21 heavy (non-hydrogen) atoms. The van der Waals surface area contributed by atoms with Crippen molar-refractivity contribution in [1.82, 2.24) is 0 Å². The topological polar surface area (TPSA) is 28.2 Å². The molecule has 0 heterocycles. The third-order valence-electron chi connectivity index (χ3n) is 1.34. The number of hydrogen-bond acceptors (Lipinski definition) is 0. The van der Waals surface area contributed by atoms with E-state index in [0.717, 1.165) is 0 Å². The first-order chi connectivity index (χ1) is 7.41. The molecule has 0 saturated heterocycles. The monoisotopic (exact) mass is 422 g/mol. The molecule has 0 rings (SSSR count). The van der Waals surface area contributed by atoms with Gasteiger partial charge in [-0.1, -0.05) is 104 Å². The Hall–Kier alpha value is 1.86. The average molecular weight is 423 g/mol. The molecular weight excluding hydrogens is 387 g/mol. The molecule has 0 atom stereocenters. The third-order valence-corrected chi connectivity index (χ3v) is 8.05. The van der Waals surface area contributed by atoms with E-state index in [1.165, 1.54) is 0 Å². The van der Waals surface area contributed by atoms with Crippen molar-refractivity contribution < 1.29 is 46.5 Å². The summed E-state index contributed by atoms with van der Waals surface area (Å²) in [6.45, 7) is 27.0. The molecule has 0 aliphatic rings. The van der Waals surface area contributed by atoms with Crippen LogP contribution in [0.25, 0.3) is 9.63 Å². The first-order valence-corrected chi connectivity index (χ1v) is 17.2. The van der Waals surface area contributed by atoms with Crippen LogP contribution in [-0.4, -0.2) is 30.2 Å². The fourth-order valence-electron chi connectivity index (χ4n) is 2.01. The van der Waals surface area contributed by atoms with E-state index in [1.807, 2.05) is 0 Å². The minimum atomic E-state index is -1.17. The van der Waals surface area contributed by atoms with Crippen LogP contribution < -0.4 is 24.8 Å². The van der Waals surface area contributed by atoms with Crippen molar-refractivity contribution in [3.63, 3.8) is 0 Å². The van der Waals surface area contributed by atoms with Crippen LogP contribution in [0.15, 0.2) is 0 Å². The average Bonchev–Trinajstić information content (AvgIpc) is 1.64.